The van der Waals surface area contributed by atoms with Crippen LogP contribution in [0.2, 0.25) is 0 Å². The number of halogens is 2. The summed E-state index contributed by atoms with van der Waals surface area (Å²) >= 11 is 3.28. The molecule has 0 amide bonds. The van der Waals surface area contributed by atoms with Crippen LogP contribution in [-0.2, 0) is 11.3 Å². The van der Waals surface area contributed by atoms with Gasteiger partial charge < -0.3 is 9.84 Å². The van der Waals surface area contributed by atoms with E-state index in [0.29, 0.717) is 12.2 Å². The lowest BCUT2D eigenvalue weighted by Gasteiger charge is -2.16. The minimum absolute atomic E-state index is 0.248. The molecule has 0 aromatic heterocycles. The average molecular weight is 325 g/mol. The monoisotopic (exact) mass is 324 g/mol. The third kappa shape index (κ3) is 3.21. The lowest BCUT2D eigenvalue weighted by atomic mass is 9.97. The first-order valence-corrected chi connectivity index (χ1v) is 6.62. The van der Waals surface area contributed by atoms with Crippen LogP contribution < -0.4 is 0 Å². The number of aliphatic hydroxyl groups excluding tert-OH is 1. The molecule has 2 aromatic carbocycles. The Labute approximate surface area is 120 Å². The highest BCUT2D eigenvalue weighted by Gasteiger charge is 2.18. The highest BCUT2D eigenvalue weighted by atomic mass is 79.9. The van der Waals surface area contributed by atoms with Crippen molar-refractivity contribution in [3.8, 4) is 0 Å². The van der Waals surface area contributed by atoms with Crippen LogP contribution >= 0.6 is 15.9 Å². The normalized spacial score (nSPS) is 12.4. The lowest BCUT2D eigenvalue weighted by molar-refractivity contribution is 0.175. The van der Waals surface area contributed by atoms with Gasteiger partial charge in [0.1, 0.15) is 11.9 Å². The maximum absolute atomic E-state index is 13.8. The number of benzene rings is 2. The van der Waals surface area contributed by atoms with E-state index in [0.717, 1.165) is 10.0 Å². The van der Waals surface area contributed by atoms with Crippen molar-refractivity contribution >= 4 is 15.9 Å². The zero-order valence-electron chi connectivity index (χ0n) is 10.4. The summed E-state index contributed by atoms with van der Waals surface area (Å²) in [5, 5.41) is 10.4. The van der Waals surface area contributed by atoms with Gasteiger partial charge in [-0.3, -0.25) is 0 Å². The highest BCUT2D eigenvalue weighted by Crippen LogP contribution is 2.29. The maximum atomic E-state index is 13.8. The molecule has 0 aliphatic heterocycles. The smallest absolute Gasteiger partial charge is 0.129 e. The van der Waals surface area contributed by atoms with Crippen LogP contribution in [-0.4, -0.2) is 12.2 Å². The van der Waals surface area contributed by atoms with Crippen molar-refractivity contribution < 1.29 is 14.2 Å². The van der Waals surface area contributed by atoms with Crippen LogP contribution in [0, 0.1) is 5.82 Å². The van der Waals surface area contributed by atoms with Crippen LogP contribution in [0.15, 0.2) is 46.9 Å². The molecule has 0 radical (unpaired) electrons. The number of hydrogen-bond acceptors (Lipinski definition) is 2. The zero-order chi connectivity index (χ0) is 13.8. The largest absolute Gasteiger partial charge is 0.384 e. The molecule has 0 spiro atoms. The number of ether oxygens (including phenoxy) is 1. The first-order chi connectivity index (χ1) is 9.13. The van der Waals surface area contributed by atoms with Gasteiger partial charge in [-0.2, -0.15) is 0 Å². The van der Waals surface area contributed by atoms with Crippen molar-refractivity contribution in [2.45, 2.75) is 12.7 Å². The molecule has 0 bridgehead atoms. The van der Waals surface area contributed by atoms with E-state index in [1.165, 1.54) is 6.07 Å². The van der Waals surface area contributed by atoms with Gasteiger partial charge in [-0.1, -0.05) is 40.2 Å². The summed E-state index contributed by atoms with van der Waals surface area (Å²) in [7, 11) is 1.59. The van der Waals surface area contributed by atoms with Gasteiger partial charge >= 0.3 is 0 Å². The summed E-state index contributed by atoms with van der Waals surface area (Å²) in [6.45, 7) is 0.378. The molecule has 4 heteroatoms. The van der Waals surface area contributed by atoms with Gasteiger partial charge in [-0.15, -0.1) is 0 Å². The first kappa shape index (κ1) is 14.2. The summed E-state index contributed by atoms with van der Waals surface area (Å²) in [4.78, 5) is 0. The second kappa shape index (κ2) is 6.28. The standard InChI is InChI=1S/C15H14BrFO2/c1-19-9-10-4-2-3-5-12(10)15(18)13-8-11(16)6-7-14(13)17/h2-8,15,18H,9H2,1H3. The average Bonchev–Trinajstić information content (AvgIpc) is 2.42. The predicted molar refractivity (Wildman–Crippen MR) is 75.3 cm³/mol. The Bertz CT molecular complexity index is 572. The van der Waals surface area contributed by atoms with E-state index >= 15 is 0 Å². The van der Waals surface area contributed by atoms with Crippen LogP contribution in [0.5, 0.6) is 0 Å². The van der Waals surface area contributed by atoms with Crippen LogP contribution in [0.3, 0.4) is 0 Å². The molecule has 0 heterocycles. The van der Waals surface area contributed by atoms with Crippen molar-refractivity contribution in [1.82, 2.24) is 0 Å². The molecule has 1 unspecified atom stereocenters. The Morgan fingerprint density at radius 2 is 1.95 bits per heavy atom. The second-order valence-corrected chi connectivity index (χ2v) is 5.12. The van der Waals surface area contributed by atoms with Crippen LogP contribution in [0.1, 0.15) is 22.8 Å². The fourth-order valence-corrected chi connectivity index (χ4v) is 2.36. The van der Waals surface area contributed by atoms with Crippen molar-refractivity contribution in [2.75, 3.05) is 7.11 Å². The summed E-state index contributed by atoms with van der Waals surface area (Å²) < 4.78 is 19.6. The van der Waals surface area contributed by atoms with E-state index < -0.39 is 11.9 Å². The zero-order valence-corrected chi connectivity index (χ0v) is 12.0. The summed E-state index contributed by atoms with van der Waals surface area (Å²) in [5.41, 5.74) is 1.75. The molecule has 0 aliphatic rings. The summed E-state index contributed by atoms with van der Waals surface area (Å²) in [6.07, 6.45) is -1.01. The highest BCUT2D eigenvalue weighted by molar-refractivity contribution is 9.10. The van der Waals surface area contributed by atoms with E-state index in [-0.39, 0.29) is 5.56 Å². The molecule has 2 rings (SSSR count). The van der Waals surface area contributed by atoms with Gasteiger partial charge in [0, 0.05) is 17.1 Å². The van der Waals surface area contributed by atoms with Gasteiger partial charge in [0.25, 0.3) is 0 Å². The molecule has 2 aromatic rings. The molecule has 0 fully saturated rings. The molecular weight excluding hydrogens is 311 g/mol. The molecule has 0 saturated carbocycles. The van der Waals surface area contributed by atoms with Gasteiger partial charge in [0.2, 0.25) is 0 Å². The first-order valence-electron chi connectivity index (χ1n) is 5.83. The fraction of sp³-hybridized carbons (Fsp3) is 0.200. The van der Waals surface area contributed by atoms with Crippen molar-refractivity contribution in [1.29, 1.82) is 0 Å². The minimum Gasteiger partial charge on any atom is -0.384 e. The molecule has 19 heavy (non-hydrogen) atoms. The lowest BCUT2D eigenvalue weighted by Crippen LogP contribution is -2.06. The van der Waals surface area contributed by atoms with E-state index in [2.05, 4.69) is 15.9 Å². The molecule has 100 valence electrons. The SMILES string of the molecule is COCc1ccccc1C(O)c1cc(Br)ccc1F. The van der Waals surface area contributed by atoms with Gasteiger partial charge in [0.05, 0.1) is 6.61 Å². The predicted octanol–water partition coefficient (Wildman–Crippen LogP) is 3.82. The van der Waals surface area contributed by atoms with E-state index in [1.54, 1.807) is 25.3 Å². The third-order valence-electron chi connectivity index (χ3n) is 2.90. The molecule has 0 saturated heterocycles. The van der Waals surface area contributed by atoms with E-state index in [4.69, 9.17) is 4.74 Å². The Hall–Kier alpha value is -1.23. The molecule has 2 nitrogen and oxygen atoms in total. The fourth-order valence-electron chi connectivity index (χ4n) is 1.98. The Kier molecular flexibility index (Phi) is 4.69. The Morgan fingerprint density at radius 3 is 2.68 bits per heavy atom. The van der Waals surface area contributed by atoms with Crippen molar-refractivity contribution in [2.24, 2.45) is 0 Å². The maximum Gasteiger partial charge on any atom is 0.129 e. The minimum atomic E-state index is -1.01. The second-order valence-electron chi connectivity index (χ2n) is 4.20. The third-order valence-corrected chi connectivity index (χ3v) is 3.40. The quantitative estimate of drug-likeness (QED) is 0.926. The van der Waals surface area contributed by atoms with Crippen LogP contribution in [0.4, 0.5) is 4.39 Å². The van der Waals surface area contributed by atoms with E-state index in [1.807, 2.05) is 18.2 Å². The topological polar surface area (TPSA) is 29.5 Å². The molecule has 1 atom stereocenters. The summed E-state index contributed by atoms with van der Waals surface area (Å²) in [5.74, 6) is -0.428. The van der Waals surface area contributed by atoms with Crippen molar-refractivity contribution in [3.05, 3.63) is 69.4 Å². The van der Waals surface area contributed by atoms with Crippen molar-refractivity contribution in [3.63, 3.8) is 0 Å². The Balaban J connectivity index is 2.43. The molecular formula is C15H14BrFO2. The summed E-state index contributed by atoms with van der Waals surface area (Å²) in [6, 6.07) is 11.8. The van der Waals surface area contributed by atoms with E-state index in [9.17, 15) is 9.50 Å². The molecule has 1 N–H and O–H groups in total. The van der Waals surface area contributed by atoms with Gasteiger partial charge in [-0.05, 0) is 29.3 Å². The molecule has 0 aliphatic carbocycles. The number of hydrogen-bond donors (Lipinski definition) is 1. The Morgan fingerprint density at radius 1 is 1.21 bits per heavy atom. The van der Waals surface area contributed by atoms with Gasteiger partial charge in [0.15, 0.2) is 0 Å². The number of rotatable bonds is 4. The number of methoxy groups -OCH3 is 1. The number of aliphatic hydroxyl groups is 1. The van der Waals surface area contributed by atoms with Gasteiger partial charge in [-0.25, -0.2) is 4.39 Å². The van der Waals surface area contributed by atoms with Crippen LogP contribution in [0.25, 0.3) is 0 Å².